The van der Waals surface area contributed by atoms with E-state index in [4.69, 9.17) is 4.74 Å². The Morgan fingerprint density at radius 3 is 2.64 bits per heavy atom. The van der Waals surface area contributed by atoms with Crippen molar-refractivity contribution in [2.75, 3.05) is 13.1 Å². The summed E-state index contributed by atoms with van der Waals surface area (Å²) >= 11 is 0. The van der Waals surface area contributed by atoms with Crippen LogP contribution in [0.5, 0.6) is 0 Å². The maximum absolute atomic E-state index is 13.8. The van der Waals surface area contributed by atoms with Crippen molar-refractivity contribution in [2.24, 2.45) is 0 Å². The molecule has 33 heavy (non-hydrogen) atoms. The quantitative estimate of drug-likeness (QED) is 0.444. The molecule has 0 radical (unpaired) electrons. The first-order chi connectivity index (χ1) is 15.7. The lowest BCUT2D eigenvalue weighted by molar-refractivity contribution is -0.128. The molecule has 0 spiro atoms. The predicted octanol–water partition coefficient (Wildman–Crippen LogP) is 1.85. The van der Waals surface area contributed by atoms with Gasteiger partial charge in [0.1, 0.15) is 16.4 Å². The Bertz CT molecular complexity index is 1150. The highest BCUT2D eigenvalue weighted by Crippen LogP contribution is 2.17. The zero-order valence-corrected chi connectivity index (χ0v) is 18.9. The molecule has 0 atom stereocenters. The van der Waals surface area contributed by atoms with E-state index >= 15 is 0 Å². The molecule has 11 heteroatoms. The number of aryl methyl sites for hydroxylation is 1. The second-order valence-electron chi connectivity index (χ2n) is 7.53. The number of hydrogen-bond acceptors (Lipinski definition) is 6. The van der Waals surface area contributed by atoms with Gasteiger partial charge in [0, 0.05) is 18.8 Å². The van der Waals surface area contributed by atoms with Crippen LogP contribution in [0.3, 0.4) is 0 Å². The second kappa shape index (κ2) is 10.6. The van der Waals surface area contributed by atoms with Gasteiger partial charge in [0.05, 0.1) is 12.7 Å². The fraction of sp³-hybridized carbons (Fsp3) is 0.318. The van der Waals surface area contributed by atoms with Crippen molar-refractivity contribution in [1.82, 2.24) is 20.1 Å². The molecular weight excluding hydrogens is 451 g/mol. The van der Waals surface area contributed by atoms with Crippen LogP contribution < -0.4 is 10.3 Å². The monoisotopic (exact) mass is 476 g/mol. The number of pyridine rings is 1. The van der Waals surface area contributed by atoms with E-state index in [1.165, 1.54) is 24.3 Å². The molecule has 1 saturated heterocycles. The van der Waals surface area contributed by atoms with Gasteiger partial charge in [0.2, 0.25) is 5.91 Å². The van der Waals surface area contributed by atoms with E-state index in [1.807, 2.05) is 4.83 Å². The van der Waals surface area contributed by atoms with Crippen LogP contribution >= 0.6 is 0 Å². The van der Waals surface area contributed by atoms with Gasteiger partial charge >= 0.3 is 0 Å². The van der Waals surface area contributed by atoms with Gasteiger partial charge in [-0.25, -0.2) is 17.8 Å². The lowest BCUT2D eigenvalue weighted by atomic mass is 10.1. The highest BCUT2D eigenvalue weighted by Gasteiger charge is 2.23. The Kier molecular flexibility index (Phi) is 7.90. The van der Waals surface area contributed by atoms with Gasteiger partial charge in [-0.1, -0.05) is 18.7 Å². The van der Waals surface area contributed by atoms with Crippen LogP contribution in [0.25, 0.3) is 0 Å². The summed E-state index contributed by atoms with van der Waals surface area (Å²) in [6.45, 7) is 6.58. The maximum atomic E-state index is 13.8. The zero-order valence-electron chi connectivity index (χ0n) is 18.1. The molecule has 2 amide bonds. The third-order valence-electron chi connectivity index (χ3n) is 5.08. The Balaban J connectivity index is 1.58. The van der Waals surface area contributed by atoms with Gasteiger partial charge in [-0.2, -0.15) is 0 Å². The molecule has 9 nitrogen and oxygen atoms in total. The van der Waals surface area contributed by atoms with E-state index in [-0.39, 0.29) is 24.3 Å². The van der Waals surface area contributed by atoms with Crippen LogP contribution in [0.2, 0.25) is 0 Å². The van der Waals surface area contributed by atoms with Gasteiger partial charge in [-0.05, 0) is 55.7 Å². The summed E-state index contributed by atoms with van der Waals surface area (Å²) < 4.78 is 44.2. The van der Waals surface area contributed by atoms with Crippen LogP contribution in [0, 0.1) is 12.7 Å². The standard InChI is InChI=1S/C22H25FN4O5S/c1-3-21(28)27-10-8-17(9-11-27)32-14-16-12-15(2)24-19(13-16)22(29)25-26-33(30,31)20-7-5-4-6-18(20)23/h3-7,12-13,17,26H,1,8-11,14H2,2H3,(H,25,29). The number of carbonyl (C=O) groups is 2. The number of nitrogens with one attached hydrogen (secondary N) is 2. The van der Waals surface area contributed by atoms with Crippen molar-refractivity contribution in [3.63, 3.8) is 0 Å². The van der Waals surface area contributed by atoms with Crippen molar-refractivity contribution < 1.29 is 27.1 Å². The lowest BCUT2D eigenvalue weighted by Crippen LogP contribution is -2.42. The van der Waals surface area contributed by atoms with E-state index in [0.29, 0.717) is 37.2 Å². The van der Waals surface area contributed by atoms with Gasteiger partial charge < -0.3 is 9.64 Å². The molecule has 0 bridgehead atoms. The van der Waals surface area contributed by atoms with Crippen molar-refractivity contribution in [2.45, 2.75) is 37.4 Å². The number of amides is 2. The minimum absolute atomic E-state index is 0.0174. The average Bonchev–Trinajstić information content (AvgIpc) is 2.81. The first kappa shape index (κ1) is 24.5. The third-order valence-corrected chi connectivity index (χ3v) is 6.37. The normalized spacial score (nSPS) is 14.7. The van der Waals surface area contributed by atoms with Crippen LogP contribution in [0.15, 0.2) is 53.9 Å². The summed E-state index contributed by atoms with van der Waals surface area (Å²) in [4.78, 5) is 31.3. The summed E-state index contributed by atoms with van der Waals surface area (Å²) in [5, 5.41) is 0. The van der Waals surface area contributed by atoms with Gasteiger partial charge in [0.15, 0.2) is 0 Å². The molecule has 2 N–H and O–H groups in total. The van der Waals surface area contributed by atoms with Crippen molar-refractivity contribution in [3.8, 4) is 0 Å². The largest absolute Gasteiger partial charge is 0.373 e. The molecule has 3 rings (SSSR count). The first-order valence-corrected chi connectivity index (χ1v) is 11.7. The van der Waals surface area contributed by atoms with Gasteiger partial charge in [-0.3, -0.25) is 15.0 Å². The Hall–Kier alpha value is -3.15. The minimum atomic E-state index is -4.30. The SMILES string of the molecule is C=CC(=O)N1CCC(OCc2cc(C)nc(C(=O)NNS(=O)(=O)c3ccccc3F)c2)CC1. The number of halogens is 1. The number of likely N-dealkylation sites (tertiary alicyclic amines) is 1. The first-order valence-electron chi connectivity index (χ1n) is 10.3. The molecular formula is C22H25FN4O5S. The van der Waals surface area contributed by atoms with E-state index in [9.17, 15) is 22.4 Å². The molecule has 0 aliphatic carbocycles. The highest BCUT2D eigenvalue weighted by molar-refractivity contribution is 7.89. The van der Waals surface area contributed by atoms with Gasteiger partial charge in [0.25, 0.3) is 15.9 Å². The number of aromatic nitrogens is 1. The molecule has 1 aromatic carbocycles. The molecule has 1 aliphatic rings. The Labute approximate surface area is 191 Å². The Morgan fingerprint density at radius 1 is 1.27 bits per heavy atom. The summed E-state index contributed by atoms with van der Waals surface area (Å²) in [5.41, 5.74) is 3.27. The number of hydrazine groups is 1. The average molecular weight is 477 g/mol. The fourth-order valence-corrected chi connectivity index (χ4v) is 4.34. The van der Waals surface area contributed by atoms with Crippen molar-refractivity contribution in [1.29, 1.82) is 0 Å². The topological polar surface area (TPSA) is 118 Å². The second-order valence-corrected chi connectivity index (χ2v) is 9.18. The number of nitrogens with zero attached hydrogens (tertiary/aromatic N) is 2. The van der Waals surface area contributed by atoms with Crippen LogP contribution in [0.4, 0.5) is 4.39 Å². The minimum Gasteiger partial charge on any atom is -0.373 e. The summed E-state index contributed by atoms with van der Waals surface area (Å²) in [5.74, 6) is -1.83. The molecule has 1 aromatic heterocycles. The lowest BCUT2D eigenvalue weighted by Gasteiger charge is -2.31. The zero-order chi connectivity index (χ0) is 24.0. The molecule has 0 saturated carbocycles. The highest BCUT2D eigenvalue weighted by atomic mass is 32.2. The molecule has 176 valence electrons. The molecule has 1 aliphatic heterocycles. The van der Waals surface area contributed by atoms with E-state index < -0.39 is 26.6 Å². The number of benzene rings is 1. The number of sulfonamides is 1. The number of rotatable bonds is 8. The predicted molar refractivity (Wildman–Crippen MR) is 118 cm³/mol. The third kappa shape index (κ3) is 6.44. The van der Waals surface area contributed by atoms with Crippen LogP contribution in [0.1, 0.15) is 34.6 Å². The maximum Gasteiger partial charge on any atom is 0.284 e. The van der Waals surface area contributed by atoms with Crippen molar-refractivity contribution >= 4 is 21.8 Å². The molecule has 2 heterocycles. The number of hydrogen-bond donors (Lipinski definition) is 2. The smallest absolute Gasteiger partial charge is 0.284 e. The molecule has 2 aromatic rings. The summed E-state index contributed by atoms with van der Waals surface area (Å²) in [6.07, 6.45) is 2.64. The summed E-state index contributed by atoms with van der Waals surface area (Å²) in [7, 11) is -4.30. The van der Waals surface area contributed by atoms with E-state index in [0.717, 1.165) is 12.1 Å². The van der Waals surface area contributed by atoms with Crippen molar-refractivity contribution in [3.05, 3.63) is 71.8 Å². The summed E-state index contributed by atoms with van der Waals surface area (Å²) in [6, 6.07) is 8.08. The van der Waals surface area contributed by atoms with E-state index in [2.05, 4.69) is 17.0 Å². The van der Waals surface area contributed by atoms with Crippen LogP contribution in [-0.2, 0) is 26.2 Å². The number of piperidine rings is 1. The van der Waals surface area contributed by atoms with Crippen LogP contribution in [-0.4, -0.2) is 49.3 Å². The van der Waals surface area contributed by atoms with E-state index in [1.54, 1.807) is 17.9 Å². The molecule has 1 fully saturated rings. The fourth-order valence-electron chi connectivity index (χ4n) is 3.42. The Morgan fingerprint density at radius 2 is 1.97 bits per heavy atom. The molecule has 0 unspecified atom stereocenters. The van der Waals surface area contributed by atoms with Gasteiger partial charge in [-0.15, -0.1) is 4.83 Å². The number of carbonyl (C=O) groups excluding carboxylic acids is 2. The number of ether oxygens (including phenoxy) is 1.